The molecule has 0 atom stereocenters. The van der Waals surface area contributed by atoms with Gasteiger partial charge in [-0.3, -0.25) is 9.78 Å². The summed E-state index contributed by atoms with van der Waals surface area (Å²) in [5.74, 6) is 2.02. The number of rotatable bonds is 3. The molecule has 29 heavy (non-hydrogen) atoms. The fourth-order valence-corrected chi connectivity index (χ4v) is 3.77. The zero-order valence-electron chi connectivity index (χ0n) is 16.0. The first kappa shape index (κ1) is 17.7. The van der Waals surface area contributed by atoms with E-state index in [0.29, 0.717) is 30.3 Å². The lowest BCUT2D eigenvalue weighted by Crippen LogP contribution is -2.45. The minimum Gasteiger partial charge on any atom is -0.486 e. The summed E-state index contributed by atoms with van der Waals surface area (Å²) in [7, 11) is 1.82. The molecule has 4 heterocycles. The first-order valence-electron chi connectivity index (χ1n) is 9.65. The molecule has 1 N–H and O–H groups in total. The summed E-state index contributed by atoms with van der Waals surface area (Å²) in [4.78, 5) is 19.3. The first-order chi connectivity index (χ1) is 14.2. The average molecular weight is 397 g/mol. The quantitative estimate of drug-likeness (QED) is 0.702. The Hall–Kier alpha value is -3.43. The molecule has 3 aromatic rings. The van der Waals surface area contributed by atoms with Crippen LogP contribution in [0.1, 0.15) is 24.6 Å². The molecule has 1 saturated heterocycles. The highest BCUT2D eigenvalue weighted by Gasteiger charge is 2.24. The normalized spacial score (nSPS) is 16.8. The number of pyridine rings is 1. The van der Waals surface area contributed by atoms with Crippen LogP contribution in [0.25, 0.3) is 10.9 Å². The average Bonchev–Trinajstić information content (AvgIpc) is 3.18. The predicted molar refractivity (Wildman–Crippen MR) is 106 cm³/mol. The number of aryl methyl sites for hydroxylation is 1. The first-order valence-corrected chi connectivity index (χ1v) is 9.65. The van der Waals surface area contributed by atoms with Crippen LogP contribution in [-0.2, 0) is 7.05 Å². The van der Waals surface area contributed by atoms with Gasteiger partial charge in [0, 0.05) is 45.3 Å². The lowest BCUT2D eigenvalue weighted by molar-refractivity contribution is 0.0931. The summed E-state index contributed by atoms with van der Waals surface area (Å²) in [6.07, 6.45) is 3.27. The summed E-state index contributed by atoms with van der Waals surface area (Å²) in [6, 6.07) is 5.68. The summed E-state index contributed by atoms with van der Waals surface area (Å²) in [6.45, 7) is 2.64. The monoisotopic (exact) mass is 397 g/mol. The van der Waals surface area contributed by atoms with Gasteiger partial charge in [0.25, 0.3) is 5.91 Å². The van der Waals surface area contributed by atoms with Gasteiger partial charge >= 0.3 is 0 Å². The molecule has 0 radical (unpaired) electrons. The van der Waals surface area contributed by atoms with E-state index in [9.17, 15) is 4.79 Å². The van der Waals surface area contributed by atoms with Crippen LogP contribution in [0.3, 0.4) is 0 Å². The second kappa shape index (κ2) is 7.19. The number of carbonyl (C=O) groups is 1. The fraction of sp³-hybridized carbons (Fsp3) is 0.421. The molecule has 2 aliphatic rings. The van der Waals surface area contributed by atoms with Gasteiger partial charge in [-0.05, 0) is 35.4 Å². The van der Waals surface area contributed by atoms with Gasteiger partial charge in [-0.25, -0.2) is 4.68 Å². The maximum absolute atomic E-state index is 12.8. The standard InChI is InChI=1S/C19H21N7O3.H2/c1-25-19(22-23-24-25)26-4-2-14(3-5-26)21-18(27)13-8-12-9-16-17(29-7-6-28-16)10-15(12)20-11-13;/h8-11,14H,2-7H2,1H3,(H,21,27);1H. The van der Waals surface area contributed by atoms with Crippen molar-refractivity contribution in [1.82, 2.24) is 30.5 Å². The van der Waals surface area contributed by atoms with Crippen molar-refractivity contribution in [3.63, 3.8) is 0 Å². The Morgan fingerprint density at radius 2 is 1.93 bits per heavy atom. The summed E-state index contributed by atoms with van der Waals surface area (Å²) in [5, 5.41) is 15.6. The zero-order chi connectivity index (χ0) is 19.8. The van der Waals surface area contributed by atoms with Crippen LogP contribution in [-0.4, -0.2) is 63.4 Å². The number of fused-ring (bicyclic) bond motifs is 2. The van der Waals surface area contributed by atoms with Crippen molar-refractivity contribution in [3.8, 4) is 11.5 Å². The van der Waals surface area contributed by atoms with E-state index in [-0.39, 0.29) is 13.4 Å². The highest BCUT2D eigenvalue weighted by atomic mass is 16.6. The molecule has 1 fully saturated rings. The number of tetrazole rings is 1. The van der Waals surface area contributed by atoms with Crippen LogP contribution in [0.4, 0.5) is 5.95 Å². The van der Waals surface area contributed by atoms with Crippen LogP contribution in [0, 0.1) is 0 Å². The van der Waals surface area contributed by atoms with E-state index in [1.165, 1.54) is 0 Å². The molecule has 10 nitrogen and oxygen atoms in total. The largest absolute Gasteiger partial charge is 0.486 e. The predicted octanol–water partition coefficient (Wildman–Crippen LogP) is 1.17. The van der Waals surface area contributed by atoms with Crippen LogP contribution in [0.15, 0.2) is 24.4 Å². The van der Waals surface area contributed by atoms with E-state index < -0.39 is 0 Å². The third-order valence-corrected chi connectivity index (χ3v) is 5.32. The fourth-order valence-electron chi connectivity index (χ4n) is 3.77. The zero-order valence-corrected chi connectivity index (χ0v) is 16.0. The molecule has 1 amide bonds. The Morgan fingerprint density at radius 3 is 2.66 bits per heavy atom. The summed E-state index contributed by atoms with van der Waals surface area (Å²) < 4.78 is 12.9. The van der Waals surface area contributed by atoms with Gasteiger partial charge in [0.15, 0.2) is 11.5 Å². The molecule has 0 spiro atoms. The Labute approximate surface area is 168 Å². The number of hydrogen-bond acceptors (Lipinski definition) is 8. The number of aromatic nitrogens is 5. The van der Waals surface area contributed by atoms with Crippen molar-refractivity contribution in [2.24, 2.45) is 7.05 Å². The highest BCUT2D eigenvalue weighted by molar-refractivity contribution is 5.98. The summed E-state index contributed by atoms with van der Waals surface area (Å²) >= 11 is 0. The maximum Gasteiger partial charge on any atom is 0.253 e. The molecule has 2 aliphatic heterocycles. The van der Waals surface area contributed by atoms with Gasteiger partial charge in [-0.1, -0.05) is 5.10 Å². The van der Waals surface area contributed by atoms with Crippen LogP contribution in [0.2, 0.25) is 0 Å². The number of benzene rings is 1. The van der Waals surface area contributed by atoms with E-state index in [1.807, 2.05) is 25.2 Å². The number of ether oxygens (including phenoxy) is 2. The summed E-state index contributed by atoms with van der Waals surface area (Å²) in [5.41, 5.74) is 1.31. The van der Waals surface area contributed by atoms with Gasteiger partial charge in [-0.2, -0.15) is 0 Å². The van der Waals surface area contributed by atoms with Gasteiger partial charge in [0.2, 0.25) is 5.95 Å². The number of carbonyl (C=O) groups excluding carboxylic acids is 1. The lowest BCUT2D eigenvalue weighted by atomic mass is 10.0. The number of nitrogens with one attached hydrogen (secondary N) is 1. The van der Waals surface area contributed by atoms with Crippen LogP contribution < -0.4 is 19.7 Å². The molecular formula is C19H23N7O3. The number of amides is 1. The van der Waals surface area contributed by atoms with Crippen molar-refractivity contribution in [3.05, 3.63) is 30.0 Å². The van der Waals surface area contributed by atoms with Crippen molar-refractivity contribution in [1.29, 1.82) is 0 Å². The highest BCUT2D eigenvalue weighted by Crippen LogP contribution is 2.34. The van der Waals surface area contributed by atoms with Crippen molar-refractivity contribution < 1.29 is 15.7 Å². The van der Waals surface area contributed by atoms with E-state index >= 15 is 0 Å². The number of hydrogen-bond donors (Lipinski definition) is 1. The third kappa shape index (κ3) is 3.41. The molecule has 2 aromatic heterocycles. The van der Waals surface area contributed by atoms with Gasteiger partial charge in [-0.15, -0.1) is 0 Å². The smallest absolute Gasteiger partial charge is 0.253 e. The minimum atomic E-state index is -0.118. The second-order valence-corrected chi connectivity index (χ2v) is 7.25. The Balaban J connectivity index is 0.00000218. The SMILES string of the molecule is Cn1nnnc1N1CCC(NC(=O)c2cnc3cc4c(cc3c2)OCCO4)CC1.[HH]. The van der Waals surface area contributed by atoms with Crippen molar-refractivity contribution >= 4 is 22.8 Å². The molecule has 152 valence electrons. The molecule has 5 rings (SSSR count). The molecular weight excluding hydrogens is 374 g/mol. The van der Waals surface area contributed by atoms with Crippen molar-refractivity contribution in [2.75, 3.05) is 31.2 Å². The van der Waals surface area contributed by atoms with Gasteiger partial charge in [0.05, 0.1) is 11.1 Å². The molecule has 0 unspecified atom stereocenters. The van der Waals surface area contributed by atoms with E-state index in [2.05, 4.69) is 30.7 Å². The maximum atomic E-state index is 12.8. The van der Waals surface area contributed by atoms with E-state index in [4.69, 9.17) is 9.47 Å². The van der Waals surface area contributed by atoms with Crippen molar-refractivity contribution in [2.45, 2.75) is 18.9 Å². The van der Waals surface area contributed by atoms with Crippen LogP contribution in [0.5, 0.6) is 11.5 Å². The van der Waals surface area contributed by atoms with E-state index in [0.717, 1.165) is 42.8 Å². The Kier molecular flexibility index (Phi) is 4.38. The molecule has 0 aliphatic carbocycles. The number of piperidine rings is 1. The second-order valence-electron chi connectivity index (χ2n) is 7.25. The minimum absolute atomic E-state index is 0. The topological polar surface area (TPSA) is 107 Å². The molecule has 0 saturated carbocycles. The van der Waals surface area contributed by atoms with E-state index in [1.54, 1.807) is 10.9 Å². The lowest BCUT2D eigenvalue weighted by Gasteiger charge is -2.32. The third-order valence-electron chi connectivity index (χ3n) is 5.32. The van der Waals surface area contributed by atoms with Crippen LogP contribution >= 0.6 is 0 Å². The molecule has 1 aromatic carbocycles. The van der Waals surface area contributed by atoms with Gasteiger partial charge in [0.1, 0.15) is 13.2 Å². The number of anilines is 1. The Morgan fingerprint density at radius 1 is 1.17 bits per heavy atom. The molecule has 0 bridgehead atoms. The Bertz CT molecular complexity index is 1070. The molecule has 10 heteroatoms. The van der Waals surface area contributed by atoms with Gasteiger partial charge < -0.3 is 19.7 Å². The number of nitrogens with zero attached hydrogens (tertiary/aromatic N) is 6.